The summed E-state index contributed by atoms with van der Waals surface area (Å²) in [7, 11) is 0. The minimum atomic E-state index is -0.913. The Morgan fingerprint density at radius 2 is 1.50 bits per heavy atom. The zero-order chi connectivity index (χ0) is 10.3. The predicted octanol–water partition coefficient (Wildman–Crippen LogP) is 0.350. The summed E-state index contributed by atoms with van der Waals surface area (Å²) in [5.41, 5.74) is -0.0865. The highest BCUT2D eigenvalue weighted by Crippen LogP contribution is 2.39. The van der Waals surface area contributed by atoms with Crippen molar-refractivity contribution in [3.05, 3.63) is 0 Å². The molecule has 0 radical (unpaired) electrons. The van der Waals surface area contributed by atoms with E-state index in [2.05, 4.69) is 0 Å². The summed E-state index contributed by atoms with van der Waals surface area (Å²) in [5.74, 6) is 0. The maximum absolute atomic E-state index is 10.6. The average Bonchev–Trinajstić information content (AvgIpc) is 2.44. The monoisotopic (exact) mass is 200 g/mol. The number of hydrogen-bond acceptors (Lipinski definition) is 2. The summed E-state index contributed by atoms with van der Waals surface area (Å²) >= 11 is 0. The van der Waals surface area contributed by atoms with Crippen molar-refractivity contribution in [2.75, 3.05) is 26.2 Å². The summed E-state index contributed by atoms with van der Waals surface area (Å²) in [6.07, 6.45) is -1.04. The first-order valence-corrected chi connectivity index (χ1v) is 4.48. The highest BCUT2D eigenvalue weighted by molar-refractivity contribution is 5.68. The number of rotatable bonds is 0. The lowest BCUT2D eigenvalue weighted by Crippen LogP contribution is -2.59. The molecule has 0 aromatic heterocycles. The number of hydrogen-bond donors (Lipinski definition) is 2. The van der Waals surface area contributed by atoms with Crippen LogP contribution in [0.25, 0.3) is 0 Å². The van der Waals surface area contributed by atoms with Crippen LogP contribution in [0.2, 0.25) is 0 Å². The minimum absolute atomic E-state index is 0.0865. The Hall–Kier alpha value is -1.46. The van der Waals surface area contributed by atoms with Crippen molar-refractivity contribution in [1.29, 1.82) is 0 Å². The van der Waals surface area contributed by atoms with Crippen molar-refractivity contribution in [3.8, 4) is 0 Å². The van der Waals surface area contributed by atoms with Crippen LogP contribution in [0.5, 0.6) is 0 Å². The quantitative estimate of drug-likeness (QED) is 0.591. The summed E-state index contributed by atoms with van der Waals surface area (Å²) in [6.45, 7) is 1.97. The molecule has 2 fully saturated rings. The van der Waals surface area contributed by atoms with Crippen molar-refractivity contribution < 1.29 is 19.8 Å². The molecule has 1 spiro atoms. The largest absolute Gasteiger partial charge is 0.465 e. The lowest BCUT2D eigenvalue weighted by atomic mass is 9.79. The Balaban J connectivity index is 1.91. The Morgan fingerprint density at radius 3 is 1.93 bits per heavy atom. The van der Waals surface area contributed by atoms with Crippen LogP contribution in [0.3, 0.4) is 0 Å². The van der Waals surface area contributed by atoms with Crippen LogP contribution < -0.4 is 0 Å². The molecule has 0 aromatic carbocycles. The topological polar surface area (TPSA) is 81.1 Å². The number of carbonyl (C=O) groups is 2. The van der Waals surface area contributed by atoms with Crippen LogP contribution >= 0.6 is 0 Å². The number of carboxylic acid groups (broad SMARTS) is 2. The van der Waals surface area contributed by atoms with E-state index in [1.165, 1.54) is 9.80 Å². The molecule has 2 aliphatic heterocycles. The number of amides is 2. The van der Waals surface area contributed by atoms with Gasteiger partial charge in [-0.15, -0.1) is 0 Å². The average molecular weight is 200 g/mol. The second-order valence-electron chi connectivity index (χ2n) is 4.09. The molecule has 2 saturated heterocycles. The fourth-order valence-electron chi connectivity index (χ4n) is 2.26. The molecule has 0 unspecified atom stereocenters. The van der Waals surface area contributed by atoms with Gasteiger partial charge < -0.3 is 20.0 Å². The lowest BCUT2D eigenvalue weighted by Gasteiger charge is -2.46. The number of nitrogens with zero attached hydrogens (tertiary/aromatic N) is 2. The fourth-order valence-corrected chi connectivity index (χ4v) is 2.26. The predicted molar refractivity (Wildman–Crippen MR) is 46.2 cm³/mol. The highest BCUT2D eigenvalue weighted by atomic mass is 16.4. The molecular formula is C8H12N2O4. The van der Waals surface area contributed by atoms with E-state index in [1.54, 1.807) is 0 Å². The van der Waals surface area contributed by atoms with Gasteiger partial charge in [0, 0.05) is 31.6 Å². The van der Waals surface area contributed by atoms with Gasteiger partial charge in [-0.3, -0.25) is 0 Å². The molecule has 78 valence electrons. The summed E-state index contributed by atoms with van der Waals surface area (Å²) in [5, 5.41) is 17.4. The molecule has 6 heteroatoms. The standard InChI is InChI=1S/C8H12N2O4/c11-6(12)9-2-1-8(3-9)4-10(5-8)7(13)14/h1-5H2,(H,11,12)(H,13,14). The third-order valence-electron chi connectivity index (χ3n) is 3.03. The van der Waals surface area contributed by atoms with Crippen molar-refractivity contribution >= 4 is 12.2 Å². The first-order chi connectivity index (χ1) is 6.52. The molecule has 2 amide bonds. The van der Waals surface area contributed by atoms with Crippen LogP contribution in [0.4, 0.5) is 9.59 Å². The molecule has 0 bridgehead atoms. The van der Waals surface area contributed by atoms with Gasteiger partial charge >= 0.3 is 12.2 Å². The van der Waals surface area contributed by atoms with Gasteiger partial charge in [0.05, 0.1) is 0 Å². The molecule has 2 aliphatic rings. The maximum Gasteiger partial charge on any atom is 0.407 e. The minimum Gasteiger partial charge on any atom is -0.465 e. The summed E-state index contributed by atoms with van der Waals surface area (Å²) < 4.78 is 0. The van der Waals surface area contributed by atoms with Gasteiger partial charge in [-0.05, 0) is 6.42 Å². The first kappa shape index (κ1) is 9.11. The van der Waals surface area contributed by atoms with Gasteiger partial charge in [-0.25, -0.2) is 9.59 Å². The van der Waals surface area contributed by atoms with Crippen LogP contribution in [0.15, 0.2) is 0 Å². The van der Waals surface area contributed by atoms with E-state index in [9.17, 15) is 9.59 Å². The van der Waals surface area contributed by atoms with E-state index in [4.69, 9.17) is 10.2 Å². The number of likely N-dealkylation sites (tertiary alicyclic amines) is 2. The summed E-state index contributed by atoms with van der Waals surface area (Å²) in [4.78, 5) is 23.9. The molecule has 14 heavy (non-hydrogen) atoms. The van der Waals surface area contributed by atoms with E-state index in [1.807, 2.05) is 0 Å². The molecule has 2 heterocycles. The molecule has 0 aromatic rings. The van der Waals surface area contributed by atoms with Gasteiger partial charge in [0.15, 0.2) is 0 Å². The van der Waals surface area contributed by atoms with Crippen LogP contribution in [0.1, 0.15) is 6.42 Å². The third kappa shape index (κ3) is 1.26. The lowest BCUT2D eigenvalue weighted by molar-refractivity contribution is 0.0176. The van der Waals surface area contributed by atoms with E-state index >= 15 is 0 Å². The highest BCUT2D eigenvalue weighted by Gasteiger charge is 2.50. The van der Waals surface area contributed by atoms with Gasteiger partial charge in [-0.2, -0.15) is 0 Å². The van der Waals surface area contributed by atoms with E-state index in [0.717, 1.165) is 6.42 Å². The zero-order valence-corrected chi connectivity index (χ0v) is 7.64. The molecule has 0 saturated carbocycles. The molecule has 0 atom stereocenters. The van der Waals surface area contributed by atoms with Gasteiger partial charge in [-0.1, -0.05) is 0 Å². The van der Waals surface area contributed by atoms with Crippen molar-refractivity contribution in [2.24, 2.45) is 5.41 Å². The van der Waals surface area contributed by atoms with Crippen molar-refractivity contribution in [3.63, 3.8) is 0 Å². The maximum atomic E-state index is 10.6. The second-order valence-corrected chi connectivity index (χ2v) is 4.09. The molecular weight excluding hydrogens is 188 g/mol. The summed E-state index contributed by atoms with van der Waals surface area (Å²) in [6, 6.07) is 0. The van der Waals surface area contributed by atoms with Crippen LogP contribution in [-0.4, -0.2) is 58.4 Å². The van der Waals surface area contributed by atoms with Crippen LogP contribution in [0, 0.1) is 5.41 Å². The van der Waals surface area contributed by atoms with E-state index < -0.39 is 12.2 Å². The Bertz CT molecular complexity index is 285. The third-order valence-corrected chi connectivity index (χ3v) is 3.03. The molecule has 2 rings (SSSR count). The first-order valence-electron chi connectivity index (χ1n) is 4.48. The van der Waals surface area contributed by atoms with Gasteiger partial charge in [0.1, 0.15) is 0 Å². The van der Waals surface area contributed by atoms with Crippen molar-refractivity contribution in [1.82, 2.24) is 9.80 Å². The fraction of sp³-hybridized carbons (Fsp3) is 0.750. The van der Waals surface area contributed by atoms with Crippen molar-refractivity contribution in [2.45, 2.75) is 6.42 Å². The van der Waals surface area contributed by atoms with Gasteiger partial charge in [0.25, 0.3) is 0 Å². The second kappa shape index (κ2) is 2.76. The van der Waals surface area contributed by atoms with E-state index in [-0.39, 0.29) is 5.41 Å². The molecule has 2 N–H and O–H groups in total. The van der Waals surface area contributed by atoms with E-state index in [0.29, 0.717) is 26.2 Å². The molecule has 6 nitrogen and oxygen atoms in total. The Labute approximate surface area is 80.7 Å². The normalized spacial score (nSPS) is 23.7. The van der Waals surface area contributed by atoms with Crippen LogP contribution in [-0.2, 0) is 0 Å². The SMILES string of the molecule is O=C(O)N1CCC2(C1)CN(C(=O)O)C2. The zero-order valence-electron chi connectivity index (χ0n) is 7.64. The Kier molecular flexibility index (Phi) is 1.80. The Morgan fingerprint density at radius 1 is 1.00 bits per heavy atom. The van der Waals surface area contributed by atoms with Gasteiger partial charge in [0.2, 0.25) is 0 Å². The smallest absolute Gasteiger partial charge is 0.407 e. The molecule has 0 aliphatic carbocycles.